The second kappa shape index (κ2) is 8.20. The van der Waals surface area contributed by atoms with Gasteiger partial charge in [0.25, 0.3) is 0 Å². The van der Waals surface area contributed by atoms with Gasteiger partial charge in [-0.1, -0.05) is 12.1 Å². The van der Waals surface area contributed by atoms with E-state index in [9.17, 15) is 0 Å². The first-order valence-corrected chi connectivity index (χ1v) is 6.36. The molecule has 1 atom stereocenters. The average Bonchev–Trinajstić information content (AvgIpc) is 2.35. The Hall–Kier alpha value is -0.930. The normalized spacial score (nSPS) is 12.2. The van der Waals surface area contributed by atoms with E-state index in [0.29, 0.717) is 18.5 Å². The monoisotopic (exact) mass is 257 g/mol. The van der Waals surface area contributed by atoms with Gasteiger partial charge in [0.1, 0.15) is 6.61 Å². The van der Waals surface area contributed by atoms with E-state index in [0.717, 1.165) is 24.5 Å². The number of hydrogen-bond acceptors (Lipinski definition) is 3. The maximum atomic E-state index is 5.66. The quantitative estimate of drug-likeness (QED) is 0.574. The summed E-state index contributed by atoms with van der Waals surface area (Å²) in [5.41, 5.74) is 0. The zero-order chi connectivity index (χ0) is 12.5. The minimum Gasteiger partial charge on any atom is -0.493 e. The van der Waals surface area contributed by atoms with Crippen molar-refractivity contribution < 1.29 is 9.47 Å². The average molecular weight is 258 g/mol. The van der Waals surface area contributed by atoms with Crippen LogP contribution in [-0.4, -0.2) is 32.2 Å². The molecule has 0 saturated carbocycles. The molecule has 0 aliphatic heterocycles. The van der Waals surface area contributed by atoms with Crippen LogP contribution in [0.3, 0.4) is 0 Å². The van der Waals surface area contributed by atoms with Crippen molar-refractivity contribution in [3.8, 4) is 11.5 Å². The van der Waals surface area contributed by atoms with Gasteiger partial charge in [-0.25, -0.2) is 0 Å². The van der Waals surface area contributed by atoms with Crippen LogP contribution in [0.15, 0.2) is 24.3 Å². The van der Waals surface area contributed by atoms with Crippen LogP contribution in [0.5, 0.6) is 11.5 Å². The standard InChI is InChI=1S/C13H20ClNO2/c1-11(7-8-14)15-9-10-17-13-6-4-3-5-12(13)16-2/h3-6,11,15H,7-10H2,1-2H3. The van der Waals surface area contributed by atoms with E-state index in [1.54, 1.807) is 7.11 Å². The molecular formula is C13H20ClNO2. The highest BCUT2D eigenvalue weighted by Crippen LogP contribution is 2.25. The summed E-state index contributed by atoms with van der Waals surface area (Å²) in [5.74, 6) is 2.23. The zero-order valence-electron chi connectivity index (χ0n) is 10.4. The smallest absolute Gasteiger partial charge is 0.161 e. The summed E-state index contributed by atoms with van der Waals surface area (Å²) in [6.45, 7) is 3.54. The fourth-order valence-corrected chi connectivity index (χ4v) is 1.80. The first-order chi connectivity index (χ1) is 8.27. The summed E-state index contributed by atoms with van der Waals surface area (Å²) in [5, 5.41) is 3.34. The van der Waals surface area contributed by atoms with Crippen LogP contribution in [0.25, 0.3) is 0 Å². The highest BCUT2D eigenvalue weighted by Gasteiger charge is 2.03. The van der Waals surface area contributed by atoms with Crippen molar-refractivity contribution in [1.29, 1.82) is 0 Å². The van der Waals surface area contributed by atoms with Gasteiger partial charge in [0.2, 0.25) is 0 Å². The van der Waals surface area contributed by atoms with Crippen LogP contribution < -0.4 is 14.8 Å². The molecular weight excluding hydrogens is 238 g/mol. The molecule has 0 radical (unpaired) electrons. The highest BCUT2D eigenvalue weighted by molar-refractivity contribution is 6.17. The summed E-state index contributed by atoms with van der Waals surface area (Å²) in [6, 6.07) is 8.07. The molecule has 17 heavy (non-hydrogen) atoms. The van der Waals surface area contributed by atoms with Crippen LogP contribution in [0.4, 0.5) is 0 Å². The summed E-state index contributed by atoms with van der Waals surface area (Å²) in [6.07, 6.45) is 0.968. The van der Waals surface area contributed by atoms with Crippen molar-refractivity contribution in [2.45, 2.75) is 19.4 Å². The van der Waals surface area contributed by atoms with Gasteiger partial charge >= 0.3 is 0 Å². The van der Waals surface area contributed by atoms with Crippen LogP contribution in [0.2, 0.25) is 0 Å². The Labute approximate surface area is 108 Å². The minimum absolute atomic E-state index is 0.425. The number of methoxy groups -OCH3 is 1. The molecule has 0 spiro atoms. The van der Waals surface area contributed by atoms with E-state index in [2.05, 4.69) is 12.2 Å². The van der Waals surface area contributed by atoms with Crippen molar-refractivity contribution in [3.63, 3.8) is 0 Å². The van der Waals surface area contributed by atoms with Crippen molar-refractivity contribution in [2.75, 3.05) is 26.1 Å². The first-order valence-electron chi connectivity index (χ1n) is 5.83. The van der Waals surface area contributed by atoms with E-state index in [-0.39, 0.29) is 0 Å². The van der Waals surface area contributed by atoms with Gasteiger partial charge in [0.15, 0.2) is 11.5 Å². The molecule has 1 aromatic rings. The number of rotatable bonds is 8. The predicted molar refractivity (Wildman–Crippen MR) is 71.3 cm³/mol. The Morgan fingerprint density at radius 1 is 1.29 bits per heavy atom. The zero-order valence-corrected chi connectivity index (χ0v) is 11.2. The fourth-order valence-electron chi connectivity index (χ4n) is 1.47. The predicted octanol–water partition coefficient (Wildman–Crippen LogP) is 2.68. The molecule has 0 aromatic heterocycles. The van der Waals surface area contributed by atoms with Gasteiger partial charge in [-0.2, -0.15) is 0 Å². The third kappa shape index (κ3) is 5.29. The largest absolute Gasteiger partial charge is 0.493 e. The Balaban J connectivity index is 2.26. The van der Waals surface area contributed by atoms with Gasteiger partial charge in [-0.15, -0.1) is 11.6 Å². The van der Waals surface area contributed by atoms with Gasteiger partial charge in [-0.3, -0.25) is 0 Å². The van der Waals surface area contributed by atoms with E-state index < -0.39 is 0 Å². The second-order valence-electron chi connectivity index (χ2n) is 3.83. The molecule has 0 saturated heterocycles. The number of hydrogen-bond donors (Lipinski definition) is 1. The number of alkyl halides is 1. The fraction of sp³-hybridized carbons (Fsp3) is 0.538. The molecule has 0 heterocycles. The maximum absolute atomic E-state index is 5.66. The number of benzene rings is 1. The number of para-hydroxylation sites is 2. The topological polar surface area (TPSA) is 30.5 Å². The lowest BCUT2D eigenvalue weighted by Gasteiger charge is -2.14. The first kappa shape index (κ1) is 14.1. The van der Waals surface area contributed by atoms with E-state index in [1.807, 2.05) is 24.3 Å². The molecule has 0 amide bonds. The van der Waals surface area contributed by atoms with Crippen LogP contribution >= 0.6 is 11.6 Å². The molecule has 4 heteroatoms. The number of ether oxygens (including phenoxy) is 2. The molecule has 0 aliphatic carbocycles. The van der Waals surface area contributed by atoms with Crippen molar-refractivity contribution in [3.05, 3.63) is 24.3 Å². The third-order valence-electron chi connectivity index (χ3n) is 2.46. The lowest BCUT2D eigenvalue weighted by Crippen LogP contribution is -2.30. The van der Waals surface area contributed by atoms with Gasteiger partial charge < -0.3 is 14.8 Å². The summed E-state index contributed by atoms with van der Waals surface area (Å²) in [7, 11) is 1.64. The highest BCUT2D eigenvalue weighted by atomic mass is 35.5. The molecule has 1 N–H and O–H groups in total. The van der Waals surface area contributed by atoms with Crippen LogP contribution in [0.1, 0.15) is 13.3 Å². The van der Waals surface area contributed by atoms with E-state index >= 15 is 0 Å². The lowest BCUT2D eigenvalue weighted by molar-refractivity contribution is 0.287. The summed E-state index contributed by atoms with van der Waals surface area (Å²) in [4.78, 5) is 0. The molecule has 0 bridgehead atoms. The molecule has 96 valence electrons. The van der Waals surface area contributed by atoms with Gasteiger partial charge in [0, 0.05) is 18.5 Å². The Morgan fingerprint density at radius 2 is 2.00 bits per heavy atom. The molecule has 1 unspecified atom stereocenters. The van der Waals surface area contributed by atoms with Crippen LogP contribution in [0, 0.1) is 0 Å². The summed E-state index contributed by atoms with van der Waals surface area (Å²) < 4.78 is 10.8. The summed E-state index contributed by atoms with van der Waals surface area (Å²) >= 11 is 5.66. The van der Waals surface area contributed by atoms with Crippen molar-refractivity contribution in [2.24, 2.45) is 0 Å². The van der Waals surface area contributed by atoms with E-state index in [1.165, 1.54) is 0 Å². The number of nitrogens with one attached hydrogen (secondary N) is 1. The maximum Gasteiger partial charge on any atom is 0.161 e. The minimum atomic E-state index is 0.425. The van der Waals surface area contributed by atoms with Gasteiger partial charge in [-0.05, 0) is 25.5 Å². The van der Waals surface area contributed by atoms with Crippen molar-refractivity contribution in [1.82, 2.24) is 5.32 Å². The molecule has 1 rings (SSSR count). The third-order valence-corrected chi connectivity index (χ3v) is 2.68. The Kier molecular flexibility index (Phi) is 6.82. The Morgan fingerprint density at radius 3 is 2.65 bits per heavy atom. The Bertz CT molecular complexity index is 320. The van der Waals surface area contributed by atoms with Gasteiger partial charge in [0.05, 0.1) is 7.11 Å². The molecule has 3 nitrogen and oxygen atoms in total. The molecule has 0 aliphatic rings. The lowest BCUT2D eigenvalue weighted by atomic mass is 10.2. The molecule has 1 aromatic carbocycles. The second-order valence-corrected chi connectivity index (χ2v) is 4.21. The SMILES string of the molecule is COc1ccccc1OCCNC(C)CCCl. The number of halogens is 1. The van der Waals surface area contributed by atoms with Crippen LogP contribution in [-0.2, 0) is 0 Å². The van der Waals surface area contributed by atoms with Crippen molar-refractivity contribution >= 4 is 11.6 Å². The van der Waals surface area contributed by atoms with E-state index in [4.69, 9.17) is 21.1 Å². The molecule has 0 fully saturated rings.